The summed E-state index contributed by atoms with van der Waals surface area (Å²) in [7, 11) is 1.63. The first-order chi connectivity index (χ1) is 14.7. The molecule has 2 heterocycles. The van der Waals surface area contributed by atoms with E-state index in [-0.39, 0.29) is 5.91 Å². The molecule has 0 aliphatic carbocycles. The number of rotatable bonds is 7. The zero-order valence-electron chi connectivity index (χ0n) is 17.2. The summed E-state index contributed by atoms with van der Waals surface area (Å²) >= 11 is 0. The second-order valence-corrected chi connectivity index (χ2v) is 7.63. The quantitative estimate of drug-likeness (QED) is 0.641. The molecule has 6 heteroatoms. The first-order valence-corrected chi connectivity index (χ1v) is 10.3. The van der Waals surface area contributed by atoms with E-state index in [0.717, 1.165) is 30.7 Å². The van der Waals surface area contributed by atoms with Crippen molar-refractivity contribution >= 4 is 5.91 Å². The van der Waals surface area contributed by atoms with Crippen LogP contribution in [0.4, 0.5) is 0 Å². The fraction of sp³-hybridized carbons (Fsp3) is 0.333. The highest BCUT2D eigenvalue weighted by molar-refractivity contribution is 5.93. The van der Waals surface area contributed by atoms with Gasteiger partial charge in [-0.05, 0) is 42.5 Å². The van der Waals surface area contributed by atoms with Gasteiger partial charge in [-0.1, -0.05) is 42.5 Å². The maximum atomic E-state index is 13.0. The SMILES string of the molecule is COc1ccccc1-c1cc(C(=O)N2CCCC(COCc3ccccc3)C2)[nH]n1. The molecule has 1 atom stereocenters. The van der Waals surface area contributed by atoms with Crippen LogP contribution in [-0.4, -0.2) is 47.8 Å². The first kappa shape index (κ1) is 20.2. The average Bonchev–Trinajstić information content (AvgIpc) is 3.29. The molecular formula is C24H27N3O3. The third-order valence-corrected chi connectivity index (χ3v) is 5.46. The van der Waals surface area contributed by atoms with Crippen LogP contribution in [0.5, 0.6) is 5.75 Å². The minimum Gasteiger partial charge on any atom is -0.496 e. The summed E-state index contributed by atoms with van der Waals surface area (Å²) in [6.45, 7) is 2.73. The summed E-state index contributed by atoms with van der Waals surface area (Å²) in [5.74, 6) is 1.07. The number of carbonyl (C=O) groups excluding carboxylic acids is 1. The molecule has 0 saturated carbocycles. The van der Waals surface area contributed by atoms with E-state index >= 15 is 0 Å². The number of H-pyrrole nitrogens is 1. The topological polar surface area (TPSA) is 67.4 Å². The Balaban J connectivity index is 1.36. The van der Waals surface area contributed by atoms with E-state index in [9.17, 15) is 4.79 Å². The van der Waals surface area contributed by atoms with Crippen LogP contribution in [0.25, 0.3) is 11.3 Å². The zero-order valence-corrected chi connectivity index (χ0v) is 17.2. The van der Waals surface area contributed by atoms with E-state index in [1.165, 1.54) is 5.56 Å². The lowest BCUT2D eigenvalue weighted by Crippen LogP contribution is -2.41. The van der Waals surface area contributed by atoms with Crippen molar-refractivity contribution in [1.82, 2.24) is 15.1 Å². The van der Waals surface area contributed by atoms with Gasteiger partial charge < -0.3 is 14.4 Å². The van der Waals surface area contributed by atoms with Gasteiger partial charge in [0.2, 0.25) is 0 Å². The number of ether oxygens (including phenoxy) is 2. The van der Waals surface area contributed by atoms with Crippen LogP contribution < -0.4 is 4.74 Å². The van der Waals surface area contributed by atoms with Crippen LogP contribution in [-0.2, 0) is 11.3 Å². The number of nitrogens with one attached hydrogen (secondary N) is 1. The van der Waals surface area contributed by atoms with Gasteiger partial charge in [0.05, 0.1) is 26.0 Å². The van der Waals surface area contributed by atoms with Gasteiger partial charge in [0, 0.05) is 18.7 Å². The van der Waals surface area contributed by atoms with E-state index < -0.39 is 0 Å². The van der Waals surface area contributed by atoms with Crippen LogP contribution in [0.1, 0.15) is 28.9 Å². The lowest BCUT2D eigenvalue weighted by molar-refractivity contribution is 0.0422. The lowest BCUT2D eigenvalue weighted by atomic mass is 9.98. The molecule has 1 unspecified atom stereocenters. The molecule has 1 fully saturated rings. The molecule has 0 radical (unpaired) electrons. The van der Waals surface area contributed by atoms with Gasteiger partial charge in [-0.2, -0.15) is 5.10 Å². The second kappa shape index (κ2) is 9.59. The number of likely N-dealkylation sites (tertiary alicyclic amines) is 1. The van der Waals surface area contributed by atoms with Gasteiger partial charge >= 0.3 is 0 Å². The van der Waals surface area contributed by atoms with Crippen molar-refractivity contribution in [3.8, 4) is 17.0 Å². The Bertz CT molecular complexity index is 971. The molecule has 6 nitrogen and oxygen atoms in total. The minimum absolute atomic E-state index is 0.0172. The third-order valence-electron chi connectivity index (χ3n) is 5.46. The molecule has 2 aromatic carbocycles. The predicted molar refractivity (Wildman–Crippen MR) is 115 cm³/mol. The number of amides is 1. The van der Waals surface area contributed by atoms with E-state index in [2.05, 4.69) is 22.3 Å². The molecule has 3 aromatic rings. The van der Waals surface area contributed by atoms with Crippen molar-refractivity contribution < 1.29 is 14.3 Å². The van der Waals surface area contributed by atoms with E-state index in [1.54, 1.807) is 13.2 Å². The number of para-hydroxylation sites is 1. The molecule has 30 heavy (non-hydrogen) atoms. The summed E-state index contributed by atoms with van der Waals surface area (Å²) in [4.78, 5) is 14.9. The van der Waals surface area contributed by atoms with E-state index in [0.29, 0.717) is 37.1 Å². The van der Waals surface area contributed by atoms with E-state index in [4.69, 9.17) is 9.47 Å². The molecular weight excluding hydrogens is 378 g/mol. The highest BCUT2D eigenvalue weighted by Gasteiger charge is 2.26. The number of aromatic amines is 1. The van der Waals surface area contributed by atoms with Gasteiger partial charge in [0.15, 0.2) is 0 Å². The van der Waals surface area contributed by atoms with Crippen LogP contribution in [0.3, 0.4) is 0 Å². The van der Waals surface area contributed by atoms with Crippen molar-refractivity contribution in [2.45, 2.75) is 19.4 Å². The molecule has 1 saturated heterocycles. The normalized spacial score (nSPS) is 16.4. The Kier molecular flexibility index (Phi) is 6.44. The van der Waals surface area contributed by atoms with Crippen molar-refractivity contribution in [2.24, 2.45) is 5.92 Å². The van der Waals surface area contributed by atoms with Gasteiger partial charge in [0.1, 0.15) is 11.4 Å². The van der Waals surface area contributed by atoms with E-state index in [1.807, 2.05) is 47.4 Å². The first-order valence-electron chi connectivity index (χ1n) is 10.3. The molecule has 0 spiro atoms. The highest BCUT2D eigenvalue weighted by Crippen LogP contribution is 2.29. The molecule has 1 amide bonds. The second-order valence-electron chi connectivity index (χ2n) is 7.63. The van der Waals surface area contributed by atoms with Gasteiger partial charge in [-0.15, -0.1) is 0 Å². The van der Waals surface area contributed by atoms with Crippen LogP contribution in [0.2, 0.25) is 0 Å². The Morgan fingerprint density at radius 3 is 2.80 bits per heavy atom. The fourth-order valence-electron chi connectivity index (χ4n) is 3.90. The fourth-order valence-corrected chi connectivity index (χ4v) is 3.90. The largest absolute Gasteiger partial charge is 0.496 e. The molecule has 1 aliphatic heterocycles. The number of piperidine rings is 1. The van der Waals surface area contributed by atoms with Crippen LogP contribution in [0.15, 0.2) is 60.7 Å². The third kappa shape index (κ3) is 4.71. The number of carbonyl (C=O) groups is 1. The number of nitrogens with zero attached hydrogens (tertiary/aromatic N) is 2. The monoisotopic (exact) mass is 405 g/mol. The minimum atomic E-state index is -0.0172. The average molecular weight is 405 g/mol. The summed E-state index contributed by atoms with van der Waals surface area (Å²) < 4.78 is 11.3. The van der Waals surface area contributed by atoms with Gasteiger partial charge in [0.25, 0.3) is 5.91 Å². The standard InChI is InChI=1S/C24H27N3O3/c1-29-23-12-6-5-11-20(23)21-14-22(26-25-21)24(28)27-13-7-10-19(15-27)17-30-16-18-8-3-2-4-9-18/h2-6,8-9,11-12,14,19H,7,10,13,15-17H2,1H3,(H,25,26). The van der Waals surface area contributed by atoms with Crippen LogP contribution in [0, 0.1) is 5.92 Å². The molecule has 4 rings (SSSR count). The number of methoxy groups -OCH3 is 1. The van der Waals surface area contributed by atoms with Crippen molar-refractivity contribution in [3.05, 3.63) is 71.9 Å². The smallest absolute Gasteiger partial charge is 0.271 e. The maximum absolute atomic E-state index is 13.0. The molecule has 0 bridgehead atoms. The van der Waals surface area contributed by atoms with Crippen molar-refractivity contribution in [3.63, 3.8) is 0 Å². The van der Waals surface area contributed by atoms with Crippen molar-refractivity contribution in [1.29, 1.82) is 0 Å². The summed E-state index contributed by atoms with van der Waals surface area (Å²) in [5, 5.41) is 7.24. The highest BCUT2D eigenvalue weighted by atomic mass is 16.5. The Hall–Kier alpha value is -3.12. The molecule has 1 N–H and O–H groups in total. The lowest BCUT2D eigenvalue weighted by Gasteiger charge is -2.32. The number of hydrogen-bond acceptors (Lipinski definition) is 4. The molecule has 1 aliphatic rings. The molecule has 156 valence electrons. The summed E-state index contributed by atoms with van der Waals surface area (Å²) in [6, 6.07) is 19.6. The number of benzene rings is 2. The summed E-state index contributed by atoms with van der Waals surface area (Å²) in [5.41, 5.74) is 3.24. The van der Waals surface area contributed by atoms with Crippen molar-refractivity contribution in [2.75, 3.05) is 26.8 Å². The predicted octanol–water partition coefficient (Wildman–Crippen LogP) is 4.15. The number of hydrogen-bond donors (Lipinski definition) is 1. The Morgan fingerprint density at radius 1 is 1.17 bits per heavy atom. The Labute approximate surface area is 176 Å². The number of aromatic nitrogens is 2. The summed E-state index contributed by atoms with van der Waals surface area (Å²) in [6.07, 6.45) is 2.06. The zero-order chi connectivity index (χ0) is 20.8. The van der Waals surface area contributed by atoms with Gasteiger partial charge in [-0.3, -0.25) is 9.89 Å². The van der Waals surface area contributed by atoms with Gasteiger partial charge in [-0.25, -0.2) is 0 Å². The maximum Gasteiger partial charge on any atom is 0.271 e. The van der Waals surface area contributed by atoms with Crippen LogP contribution >= 0.6 is 0 Å². The Morgan fingerprint density at radius 2 is 1.97 bits per heavy atom. The molecule has 1 aromatic heterocycles.